The fourth-order valence-electron chi connectivity index (χ4n) is 1.80. The molecule has 0 unspecified atom stereocenters. The molecule has 0 heterocycles. The molecular weight excluding hydrogens is 338 g/mol. The number of hydrogen-bond donors (Lipinski definition) is 2. The first kappa shape index (κ1) is 17.2. The fourth-order valence-corrected chi connectivity index (χ4v) is 1.93. The quantitative estimate of drug-likeness (QED) is 0.489. The lowest BCUT2D eigenvalue weighted by Gasteiger charge is -2.06. The molecular formula is C15H12ClN3O5. The van der Waals surface area contributed by atoms with Crippen molar-refractivity contribution < 1.29 is 19.6 Å². The maximum Gasteiger partial charge on any atom is 0.274 e. The van der Waals surface area contributed by atoms with E-state index >= 15 is 0 Å². The molecule has 0 aliphatic heterocycles. The molecule has 124 valence electrons. The van der Waals surface area contributed by atoms with Gasteiger partial charge in [-0.05, 0) is 24.3 Å². The average molecular weight is 350 g/mol. The first-order chi connectivity index (χ1) is 11.4. The number of phenolic OH excluding ortho intramolecular Hbond substituents is 1. The highest BCUT2D eigenvalue weighted by molar-refractivity contribution is 6.30. The Labute approximate surface area is 141 Å². The molecule has 0 fully saturated rings. The van der Waals surface area contributed by atoms with E-state index in [4.69, 9.17) is 16.3 Å². The van der Waals surface area contributed by atoms with Gasteiger partial charge in [-0.15, -0.1) is 0 Å². The molecule has 1 amide bonds. The molecule has 2 aromatic carbocycles. The van der Waals surface area contributed by atoms with Crippen molar-refractivity contribution in [2.45, 2.75) is 0 Å². The molecule has 2 N–H and O–H groups in total. The zero-order chi connectivity index (χ0) is 17.7. The second-order valence-electron chi connectivity index (χ2n) is 4.55. The van der Waals surface area contributed by atoms with Gasteiger partial charge < -0.3 is 9.84 Å². The SMILES string of the molecule is COc1cc([N+](=O)[O-])cc(C=NNC(=O)c2ccc(Cl)cc2)c1O. The Morgan fingerprint density at radius 3 is 2.62 bits per heavy atom. The number of rotatable bonds is 5. The number of non-ortho nitro benzene ring substituents is 1. The van der Waals surface area contributed by atoms with Crippen LogP contribution in [0.1, 0.15) is 15.9 Å². The number of carbonyl (C=O) groups excluding carboxylic acids is 1. The number of phenols is 1. The van der Waals surface area contributed by atoms with Gasteiger partial charge >= 0.3 is 0 Å². The number of nitro benzene ring substituents is 1. The Bertz CT molecular complexity index is 806. The van der Waals surface area contributed by atoms with Crippen LogP contribution in [0.5, 0.6) is 11.5 Å². The summed E-state index contributed by atoms with van der Waals surface area (Å²) in [6.45, 7) is 0. The number of aromatic hydroxyl groups is 1. The van der Waals surface area contributed by atoms with Crippen LogP contribution in [0.25, 0.3) is 0 Å². The van der Waals surface area contributed by atoms with Crippen LogP contribution in [0.3, 0.4) is 0 Å². The van der Waals surface area contributed by atoms with Gasteiger partial charge in [0.25, 0.3) is 11.6 Å². The highest BCUT2D eigenvalue weighted by Gasteiger charge is 2.15. The topological polar surface area (TPSA) is 114 Å². The van der Waals surface area contributed by atoms with Crippen LogP contribution in [0.4, 0.5) is 5.69 Å². The molecule has 2 aromatic rings. The number of ether oxygens (including phenoxy) is 1. The van der Waals surface area contributed by atoms with Crippen LogP contribution < -0.4 is 10.2 Å². The summed E-state index contributed by atoms with van der Waals surface area (Å²) in [4.78, 5) is 22.1. The molecule has 0 spiro atoms. The molecule has 2 rings (SSSR count). The number of nitrogens with one attached hydrogen (secondary N) is 1. The number of nitrogens with zero attached hydrogens (tertiary/aromatic N) is 2. The van der Waals surface area contributed by atoms with Crippen molar-refractivity contribution in [3.63, 3.8) is 0 Å². The van der Waals surface area contributed by atoms with Gasteiger partial charge in [0.05, 0.1) is 24.3 Å². The summed E-state index contributed by atoms with van der Waals surface area (Å²) in [7, 11) is 1.27. The van der Waals surface area contributed by atoms with Gasteiger partial charge in [-0.2, -0.15) is 5.10 Å². The number of hydrazone groups is 1. The van der Waals surface area contributed by atoms with Crippen LogP contribution in [0.15, 0.2) is 41.5 Å². The Kier molecular flexibility index (Phi) is 5.33. The summed E-state index contributed by atoms with van der Waals surface area (Å²) in [5, 5.41) is 25.0. The number of benzene rings is 2. The summed E-state index contributed by atoms with van der Waals surface area (Å²) in [6, 6.07) is 8.33. The monoisotopic (exact) mass is 349 g/mol. The summed E-state index contributed by atoms with van der Waals surface area (Å²) in [5.74, 6) is -0.901. The number of nitro groups is 1. The molecule has 0 radical (unpaired) electrons. The Hall–Kier alpha value is -3.13. The van der Waals surface area contributed by atoms with E-state index in [0.717, 1.165) is 18.3 Å². The van der Waals surface area contributed by atoms with Gasteiger partial charge in [-0.25, -0.2) is 5.43 Å². The number of methoxy groups -OCH3 is 1. The first-order valence-corrected chi connectivity index (χ1v) is 6.94. The molecule has 0 saturated heterocycles. The maximum absolute atomic E-state index is 11.9. The minimum absolute atomic E-state index is 0.0254. The van der Waals surface area contributed by atoms with Gasteiger partial charge in [-0.3, -0.25) is 14.9 Å². The Balaban J connectivity index is 2.19. The van der Waals surface area contributed by atoms with Crippen molar-refractivity contribution >= 4 is 29.4 Å². The molecule has 0 saturated carbocycles. The third-order valence-electron chi connectivity index (χ3n) is 3.00. The smallest absolute Gasteiger partial charge is 0.274 e. The van der Waals surface area contributed by atoms with Gasteiger partial charge in [0, 0.05) is 22.2 Å². The lowest BCUT2D eigenvalue weighted by Crippen LogP contribution is -2.17. The minimum atomic E-state index is -0.633. The number of amides is 1. The third-order valence-corrected chi connectivity index (χ3v) is 3.25. The minimum Gasteiger partial charge on any atom is -0.504 e. The fraction of sp³-hybridized carbons (Fsp3) is 0.0667. The van der Waals surface area contributed by atoms with Crippen LogP contribution in [0.2, 0.25) is 5.02 Å². The summed E-state index contributed by atoms with van der Waals surface area (Å²) >= 11 is 5.73. The average Bonchev–Trinajstić information content (AvgIpc) is 2.56. The highest BCUT2D eigenvalue weighted by Crippen LogP contribution is 2.33. The molecule has 0 aliphatic rings. The Morgan fingerprint density at radius 2 is 2.04 bits per heavy atom. The molecule has 0 aromatic heterocycles. The van der Waals surface area contributed by atoms with Gasteiger partial charge in [0.15, 0.2) is 11.5 Å². The second kappa shape index (κ2) is 7.42. The van der Waals surface area contributed by atoms with Crippen molar-refractivity contribution in [3.8, 4) is 11.5 Å². The number of carbonyl (C=O) groups is 1. The largest absolute Gasteiger partial charge is 0.504 e. The third kappa shape index (κ3) is 3.99. The van der Waals surface area contributed by atoms with Crippen molar-refractivity contribution in [1.82, 2.24) is 5.43 Å². The molecule has 9 heteroatoms. The van der Waals surface area contributed by atoms with Gasteiger partial charge in [-0.1, -0.05) is 11.6 Å². The molecule has 0 bridgehead atoms. The highest BCUT2D eigenvalue weighted by atomic mass is 35.5. The summed E-state index contributed by atoms with van der Waals surface area (Å²) < 4.78 is 4.87. The van der Waals surface area contributed by atoms with E-state index < -0.39 is 10.8 Å². The summed E-state index contributed by atoms with van der Waals surface area (Å²) in [6.07, 6.45) is 1.08. The van der Waals surface area contributed by atoms with E-state index in [-0.39, 0.29) is 22.7 Å². The lowest BCUT2D eigenvalue weighted by atomic mass is 10.2. The van der Waals surface area contributed by atoms with E-state index in [9.17, 15) is 20.0 Å². The van der Waals surface area contributed by atoms with Crippen LogP contribution >= 0.6 is 11.6 Å². The first-order valence-electron chi connectivity index (χ1n) is 6.56. The van der Waals surface area contributed by atoms with E-state index in [0.29, 0.717) is 10.6 Å². The van der Waals surface area contributed by atoms with E-state index in [1.165, 1.54) is 19.2 Å². The predicted octanol–water partition coefficient (Wildman–Crippen LogP) is 2.73. The van der Waals surface area contributed by atoms with E-state index in [1.54, 1.807) is 12.1 Å². The predicted molar refractivity (Wildman–Crippen MR) is 87.8 cm³/mol. The van der Waals surface area contributed by atoms with Crippen LogP contribution in [-0.2, 0) is 0 Å². The van der Waals surface area contributed by atoms with Gasteiger partial charge in [0.2, 0.25) is 0 Å². The molecule has 0 aliphatic carbocycles. The van der Waals surface area contributed by atoms with Crippen molar-refractivity contribution in [1.29, 1.82) is 0 Å². The number of hydrogen-bond acceptors (Lipinski definition) is 6. The zero-order valence-electron chi connectivity index (χ0n) is 12.4. The van der Waals surface area contributed by atoms with Crippen molar-refractivity contribution in [3.05, 3.63) is 62.7 Å². The van der Waals surface area contributed by atoms with Crippen LogP contribution in [0, 0.1) is 10.1 Å². The molecule has 8 nitrogen and oxygen atoms in total. The standard InChI is InChI=1S/C15H12ClN3O5/c1-24-13-7-12(19(22)23)6-10(14(13)20)8-17-18-15(21)9-2-4-11(16)5-3-9/h2-8,20H,1H3,(H,18,21). The second-order valence-corrected chi connectivity index (χ2v) is 4.99. The van der Waals surface area contributed by atoms with Crippen molar-refractivity contribution in [2.75, 3.05) is 7.11 Å². The number of halogens is 1. The van der Waals surface area contributed by atoms with Crippen molar-refractivity contribution in [2.24, 2.45) is 5.10 Å². The van der Waals surface area contributed by atoms with E-state index in [2.05, 4.69) is 10.5 Å². The van der Waals surface area contributed by atoms with E-state index in [1.807, 2.05) is 0 Å². The zero-order valence-corrected chi connectivity index (χ0v) is 13.1. The Morgan fingerprint density at radius 1 is 1.38 bits per heavy atom. The maximum atomic E-state index is 11.9. The van der Waals surface area contributed by atoms with Crippen LogP contribution in [-0.4, -0.2) is 29.3 Å². The van der Waals surface area contributed by atoms with Gasteiger partial charge in [0.1, 0.15) is 0 Å². The molecule has 24 heavy (non-hydrogen) atoms. The lowest BCUT2D eigenvalue weighted by molar-refractivity contribution is -0.385. The normalized spacial score (nSPS) is 10.6. The molecule has 0 atom stereocenters. The summed E-state index contributed by atoms with van der Waals surface area (Å²) in [5.41, 5.74) is 2.32.